The standard InChI is InChI=1S/C17H14F6N6O2/c1-16(4-10(17(21,22)23)31-15(24)29-16)12-7(18)2-3-11(27-12)28-14(30)9-6-25-8(5-26-9)13(19)20/h2-3,5-6,10,13H,4H2,1H3,(H2,24,29)(H,27,28,30). The van der Waals surface area contributed by atoms with Gasteiger partial charge in [-0.1, -0.05) is 0 Å². The Morgan fingerprint density at radius 1 is 1.29 bits per heavy atom. The number of hydrogen-bond donors (Lipinski definition) is 2. The highest BCUT2D eigenvalue weighted by molar-refractivity contribution is 6.02. The number of anilines is 1. The Hall–Kier alpha value is -3.45. The van der Waals surface area contributed by atoms with Gasteiger partial charge in [0.05, 0.1) is 12.4 Å². The number of hydrogen-bond acceptors (Lipinski definition) is 7. The Morgan fingerprint density at radius 3 is 2.58 bits per heavy atom. The minimum Gasteiger partial charge on any atom is -0.452 e. The average Bonchev–Trinajstić information content (AvgIpc) is 2.68. The first-order chi connectivity index (χ1) is 14.4. The van der Waals surface area contributed by atoms with Crippen LogP contribution in [0.15, 0.2) is 29.5 Å². The summed E-state index contributed by atoms with van der Waals surface area (Å²) in [5, 5.41) is 2.24. The molecule has 0 fully saturated rings. The molecule has 31 heavy (non-hydrogen) atoms. The van der Waals surface area contributed by atoms with E-state index in [1.165, 1.54) is 6.92 Å². The lowest BCUT2D eigenvalue weighted by Gasteiger charge is -2.35. The summed E-state index contributed by atoms with van der Waals surface area (Å²) in [7, 11) is 0. The molecule has 2 atom stereocenters. The van der Waals surface area contributed by atoms with Gasteiger partial charge in [-0.25, -0.2) is 28.1 Å². The van der Waals surface area contributed by atoms with E-state index in [0.717, 1.165) is 18.3 Å². The van der Waals surface area contributed by atoms with Crippen LogP contribution in [0.4, 0.5) is 32.2 Å². The van der Waals surface area contributed by atoms with E-state index in [1.807, 2.05) is 0 Å². The van der Waals surface area contributed by atoms with Gasteiger partial charge in [0, 0.05) is 6.42 Å². The molecule has 0 bridgehead atoms. The minimum atomic E-state index is -4.78. The van der Waals surface area contributed by atoms with E-state index in [9.17, 15) is 31.1 Å². The van der Waals surface area contributed by atoms with Crippen LogP contribution in [0.2, 0.25) is 0 Å². The predicted octanol–water partition coefficient (Wildman–Crippen LogP) is 3.08. The van der Waals surface area contributed by atoms with Crippen molar-refractivity contribution in [2.45, 2.75) is 37.6 Å². The Kier molecular flexibility index (Phi) is 5.74. The predicted molar refractivity (Wildman–Crippen MR) is 93.7 cm³/mol. The average molecular weight is 448 g/mol. The van der Waals surface area contributed by atoms with Crippen LogP contribution < -0.4 is 11.1 Å². The van der Waals surface area contributed by atoms with E-state index in [2.05, 4.69) is 30.0 Å². The van der Waals surface area contributed by atoms with Crippen molar-refractivity contribution in [3.63, 3.8) is 0 Å². The molecule has 0 aliphatic carbocycles. The molecule has 3 heterocycles. The SMILES string of the molecule is CC1(c2nc(NC(=O)c3cnc(C(F)F)cn3)ccc2F)CC(C(F)(F)F)OC(N)=N1. The van der Waals surface area contributed by atoms with Crippen LogP contribution in [-0.2, 0) is 10.3 Å². The van der Waals surface area contributed by atoms with Crippen LogP contribution in [0.25, 0.3) is 0 Å². The lowest BCUT2D eigenvalue weighted by molar-refractivity contribution is -0.208. The second-order valence-corrected chi connectivity index (χ2v) is 6.68. The lowest BCUT2D eigenvalue weighted by atomic mass is 9.89. The van der Waals surface area contributed by atoms with Crippen LogP contribution in [0.3, 0.4) is 0 Å². The van der Waals surface area contributed by atoms with E-state index in [0.29, 0.717) is 6.20 Å². The second-order valence-electron chi connectivity index (χ2n) is 6.68. The molecule has 2 aromatic heterocycles. The highest BCUT2D eigenvalue weighted by atomic mass is 19.4. The Bertz CT molecular complexity index is 1010. The summed E-state index contributed by atoms with van der Waals surface area (Å²) in [5.41, 5.74) is 2.02. The molecule has 1 amide bonds. The molecule has 14 heteroatoms. The van der Waals surface area contributed by atoms with E-state index in [1.54, 1.807) is 0 Å². The van der Waals surface area contributed by atoms with Crippen molar-refractivity contribution in [3.05, 3.63) is 47.4 Å². The normalized spacial score (nSPS) is 21.4. The van der Waals surface area contributed by atoms with Gasteiger partial charge in [-0.3, -0.25) is 9.78 Å². The summed E-state index contributed by atoms with van der Waals surface area (Å²) >= 11 is 0. The number of rotatable bonds is 4. The fourth-order valence-corrected chi connectivity index (χ4v) is 2.83. The Labute approximate surface area is 170 Å². The van der Waals surface area contributed by atoms with Crippen molar-refractivity contribution in [1.29, 1.82) is 0 Å². The summed E-state index contributed by atoms with van der Waals surface area (Å²) in [6.07, 6.45) is -9.29. The van der Waals surface area contributed by atoms with Gasteiger partial charge < -0.3 is 15.8 Å². The summed E-state index contributed by atoms with van der Waals surface area (Å²) in [4.78, 5) is 26.8. The van der Waals surface area contributed by atoms with Gasteiger partial charge in [0.2, 0.25) is 0 Å². The first kappa shape index (κ1) is 22.2. The van der Waals surface area contributed by atoms with Crippen LogP contribution >= 0.6 is 0 Å². The number of ether oxygens (including phenoxy) is 1. The van der Waals surface area contributed by atoms with Crippen LogP contribution in [0.5, 0.6) is 0 Å². The van der Waals surface area contributed by atoms with E-state index in [-0.39, 0.29) is 11.5 Å². The number of aromatic nitrogens is 3. The van der Waals surface area contributed by atoms with E-state index in [4.69, 9.17) is 5.73 Å². The van der Waals surface area contributed by atoms with Crippen molar-refractivity contribution in [2.24, 2.45) is 10.7 Å². The highest BCUT2D eigenvalue weighted by Crippen LogP contribution is 2.40. The number of carbonyl (C=O) groups is 1. The molecule has 2 aromatic rings. The fourth-order valence-electron chi connectivity index (χ4n) is 2.83. The first-order valence-electron chi connectivity index (χ1n) is 8.56. The Morgan fingerprint density at radius 2 is 2.00 bits per heavy atom. The number of amides is 1. The third-order valence-electron chi connectivity index (χ3n) is 4.29. The number of amidine groups is 1. The molecule has 0 radical (unpaired) electrons. The molecule has 3 N–H and O–H groups in total. The monoisotopic (exact) mass is 448 g/mol. The summed E-state index contributed by atoms with van der Waals surface area (Å²) in [6.45, 7) is 1.19. The summed E-state index contributed by atoms with van der Waals surface area (Å²) in [6, 6.07) is 1.13. The number of nitrogens with one attached hydrogen (secondary N) is 1. The van der Waals surface area contributed by atoms with Gasteiger partial charge in [0.15, 0.2) is 6.10 Å². The molecule has 166 valence electrons. The molecule has 8 nitrogen and oxygen atoms in total. The molecule has 1 aliphatic heterocycles. The van der Waals surface area contributed by atoms with Gasteiger partial charge in [0.1, 0.15) is 34.3 Å². The largest absolute Gasteiger partial charge is 0.452 e. The zero-order valence-electron chi connectivity index (χ0n) is 15.6. The summed E-state index contributed by atoms with van der Waals surface area (Å²) in [5.74, 6) is -2.14. The molecular weight excluding hydrogens is 434 g/mol. The quantitative estimate of drug-likeness (QED) is 0.695. The third-order valence-corrected chi connectivity index (χ3v) is 4.29. The number of halogens is 6. The van der Waals surface area contributed by atoms with Crippen molar-refractivity contribution in [1.82, 2.24) is 15.0 Å². The van der Waals surface area contributed by atoms with Gasteiger partial charge >= 0.3 is 6.18 Å². The fraction of sp³-hybridized carbons (Fsp3) is 0.353. The molecular formula is C17H14F6N6O2. The van der Waals surface area contributed by atoms with Crippen molar-refractivity contribution in [2.75, 3.05) is 5.32 Å². The van der Waals surface area contributed by atoms with Crippen LogP contribution in [0.1, 0.15) is 41.6 Å². The molecule has 0 saturated heterocycles. The maximum Gasteiger partial charge on any atom is 0.425 e. The minimum absolute atomic E-state index is 0.244. The zero-order chi connectivity index (χ0) is 23.0. The smallest absolute Gasteiger partial charge is 0.425 e. The number of alkyl halides is 5. The maximum atomic E-state index is 14.4. The van der Waals surface area contributed by atoms with Crippen LogP contribution in [0, 0.1) is 5.82 Å². The number of aliphatic imine (C=N–C) groups is 1. The van der Waals surface area contributed by atoms with Crippen molar-refractivity contribution in [3.8, 4) is 0 Å². The van der Waals surface area contributed by atoms with Gasteiger partial charge in [-0.2, -0.15) is 13.2 Å². The number of pyridine rings is 1. The van der Waals surface area contributed by atoms with Gasteiger partial charge in [-0.15, -0.1) is 0 Å². The molecule has 2 unspecified atom stereocenters. The van der Waals surface area contributed by atoms with E-state index >= 15 is 0 Å². The number of nitrogens with zero attached hydrogens (tertiary/aromatic N) is 4. The van der Waals surface area contributed by atoms with Crippen LogP contribution in [-0.4, -0.2) is 39.2 Å². The Balaban J connectivity index is 1.88. The highest BCUT2D eigenvalue weighted by Gasteiger charge is 2.50. The molecule has 0 saturated carbocycles. The maximum absolute atomic E-state index is 14.4. The topological polar surface area (TPSA) is 115 Å². The lowest BCUT2D eigenvalue weighted by Crippen LogP contribution is -2.46. The third kappa shape index (κ3) is 4.83. The second kappa shape index (κ2) is 8.00. The number of nitrogens with two attached hydrogens (primary N) is 1. The van der Waals surface area contributed by atoms with E-state index < -0.39 is 59.8 Å². The summed E-state index contributed by atoms with van der Waals surface area (Å²) < 4.78 is 83.4. The van der Waals surface area contributed by atoms with Gasteiger partial charge in [-0.05, 0) is 19.1 Å². The van der Waals surface area contributed by atoms with Crippen molar-refractivity contribution < 1.29 is 35.9 Å². The molecule has 1 aliphatic rings. The van der Waals surface area contributed by atoms with Gasteiger partial charge in [0.25, 0.3) is 18.4 Å². The molecule has 0 aromatic carbocycles. The molecule has 0 spiro atoms. The zero-order valence-corrected chi connectivity index (χ0v) is 15.6. The number of carbonyl (C=O) groups excluding carboxylic acids is 1. The molecule has 3 rings (SSSR count). The first-order valence-corrected chi connectivity index (χ1v) is 8.56. The van der Waals surface area contributed by atoms with Crippen molar-refractivity contribution >= 4 is 17.7 Å².